The number of hydrazone groups is 1. The number of rotatable bonds is 7. The van der Waals surface area contributed by atoms with Gasteiger partial charge in [0.1, 0.15) is 0 Å². The fourth-order valence-electron chi connectivity index (χ4n) is 3.75. The first-order valence-corrected chi connectivity index (χ1v) is 9.52. The van der Waals surface area contributed by atoms with E-state index in [1.807, 2.05) is 35.2 Å². The zero-order chi connectivity index (χ0) is 18.4. The highest BCUT2D eigenvalue weighted by Gasteiger charge is 2.29. The van der Waals surface area contributed by atoms with Gasteiger partial charge in [0, 0.05) is 38.5 Å². The van der Waals surface area contributed by atoms with E-state index in [2.05, 4.69) is 5.10 Å². The molecule has 1 saturated heterocycles. The van der Waals surface area contributed by atoms with Crippen molar-refractivity contribution in [1.82, 2.24) is 9.91 Å². The number of nitrogens with zero attached hydrogens (tertiary/aromatic N) is 3. The molecule has 26 heavy (non-hydrogen) atoms. The number of aliphatic hydroxyl groups is 1. The minimum Gasteiger partial charge on any atom is -0.396 e. The Kier molecular flexibility index (Phi) is 6.39. The first kappa shape index (κ1) is 18.6. The number of amides is 2. The third-order valence-corrected chi connectivity index (χ3v) is 5.14. The number of hydrogen-bond acceptors (Lipinski definition) is 4. The zero-order valence-electron chi connectivity index (χ0n) is 15.1. The van der Waals surface area contributed by atoms with Crippen molar-refractivity contribution in [1.29, 1.82) is 0 Å². The van der Waals surface area contributed by atoms with Crippen molar-refractivity contribution in [2.45, 2.75) is 51.0 Å². The molecule has 0 unspecified atom stereocenters. The van der Waals surface area contributed by atoms with Gasteiger partial charge in [0.05, 0.1) is 12.3 Å². The molecule has 1 atom stereocenters. The van der Waals surface area contributed by atoms with Crippen molar-refractivity contribution < 1.29 is 14.7 Å². The zero-order valence-corrected chi connectivity index (χ0v) is 15.1. The minimum absolute atomic E-state index is 0.0465. The molecule has 140 valence electrons. The molecule has 1 N–H and O–H groups in total. The molecule has 1 aromatic carbocycles. The lowest BCUT2D eigenvalue weighted by atomic mass is 10.1. The van der Waals surface area contributed by atoms with Gasteiger partial charge in [-0.25, -0.2) is 5.01 Å². The smallest absolute Gasteiger partial charge is 0.243 e. The van der Waals surface area contributed by atoms with Gasteiger partial charge in [-0.1, -0.05) is 30.3 Å². The number of hydrogen-bond donors (Lipinski definition) is 1. The van der Waals surface area contributed by atoms with Crippen LogP contribution in [0.3, 0.4) is 0 Å². The first-order chi connectivity index (χ1) is 12.7. The number of benzene rings is 1. The van der Waals surface area contributed by atoms with E-state index >= 15 is 0 Å². The normalized spacial score (nSPS) is 19.7. The fraction of sp³-hybridized carbons (Fsp3) is 0.550. The molecule has 0 spiro atoms. The summed E-state index contributed by atoms with van der Waals surface area (Å²) in [6.07, 6.45) is 4.75. The Balaban J connectivity index is 1.49. The second-order valence-corrected chi connectivity index (χ2v) is 6.93. The van der Waals surface area contributed by atoms with Crippen LogP contribution < -0.4 is 0 Å². The molecule has 3 rings (SSSR count). The Morgan fingerprint density at radius 1 is 1.12 bits per heavy atom. The molecule has 2 heterocycles. The third-order valence-electron chi connectivity index (χ3n) is 5.14. The molecule has 0 saturated carbocycles. The van der Waals surface area contributed by atoms with Gasteiger partial charge < -0.3 is 10.0 Å². The van der Waals surface area contributed by atoms with Crippen LogP contribution in [0, 0.1) is 0 Å². The van der Waals surface area contributed by atoms with Crippen molar-refractivity contribution >= 4 is 17.5 Å². The summed E-state index contributed by atoms with van der Waals surface area (Å²) in [5.74, 6) is -0.0411. The molecule has 1 aromatic rings. The molecule has 2 aliphatic heterocycles. The SMILES string of the molecule is O=C(CCC(=O)N1CCC[C@@H]1CCCO)N1CCC(c2ccccc2)=N1. The standard InChI is InChI=1S/C20H27N3O3/c24-15-5-9-17-8-4-13-22(17)19(25)10-11-20(26)23-14-12-18(21-23)16-6-2-1-3-7-16/h1-3,6-7,17,24H,4-5,8-15H2/t17-/m1/s1. The average molecular weight is 357 g/mol. The lowest BCUT2D eigenvalue weighted by Crippen LogP contribution is -2.36. The van der Waals surface area contributed by atoms with E-state index in [4.69, 9.17) is 5.11 Å². The van der Waals surface area contributed by atoms with Crippen LogP contribution in [0.1, 0.15) is 50.5 Å². The summed E-state index contributed by atoms with van der Waals surface area (Å²) in [4.78, 5) is 26.8. The maximum absolute atomic E-state index is 12.5. The molecular formula is C20H27N3O3. The van der Waals surface area contributed by atoms with Gasteiger partial charge in [-0.2, -0.15) is 5.10 Å². The van der Waals surface area contributed by atoms with Crippen LogP contribution in [0.4, 0.5) is 0 Å². The van der Waals surface area contributed by atoms with E-state index < -0.39 is 0 Å². The summed E-state index contributed by atoms with van der Waals surface area (Å²) in [5, 5.41) is 14.9. The minimum atomic E-state index is -0.0876. The molecule has 0 bridgehead atoms. The summed E-state index contributed by atoms with van der Waals surface area (Å²) < 4.78 is 0. The molecular weight excluding hydrogens is 330 g/mol. The topological polar surface area (TPSA) is 73.2 Å². The van der Waals surface area contributed by atoms with Crippen molar-refractivity contribution in [2.24, 2.45) is 5.10 Å². The lowest BCUT2D eigenvalue weighted by molar-refractivity contribution is -0.137. The van der Waals surface area contributed by atoms with Crippen LogP contribution in [0.5, 0.6) is 0 Å². The van der Waals surface area contributed by atoms with Crippen LogP contribution in [0.15, 0.2) is 35.4 Å². The number of carbonyl (C=O) groups is 2. The molecule has 1 fully saturated rings. The van der Waals surface area contributed by atoms with E-state index in [1.165, 1.54) is 5.01 Å². The van der Waals surface area contributed by atoms with Gasteiger partial charge in [0.25, 0.3) is 0 Å². The fourth-order valence-corrected chi connectivity index (χ4v) is 3.75. The van der Waals surface area contributed by atoms with Crippen LogP contribution in [-0.4, -0.2) is 58.3 Å². The molecule has 6 nitrogen and oxygen atoms in total. The second-order valence-electron chi connectivity index (χ2n) is 6.93. The monoisotopic (exact) mass is 357 g/mol. The van der Waals surface area contributed by atoms with Gasteiger partial charge in [-0.05, 0) is 31.2 Å². The number of aliphatic hydroxyl groups excluding tert-OH is 1. The number of carbonyl (C=O) groups excluding carboxylic acids is 2. The summed E-state index contributed by atoms with van der Waals surface area (Å²) >= 11 is 0. The van der Waals surface area contributed by atoms with Gasteiger partial charge >= 0.3 is 0 Å². The van der Waals surface area contributed by atoms with Crippen molar-refractivity contribution in [3.8, 4) is 0 Å². The highest BCUT2D eigenvalue weighted by molar-refractivity contribution is 6.02. The Morgan fingerprint density at radius 3 is 2.65 bits per heavy atom. The quantitative estimate of drug-likeness (QED) is 0.813. The van der Waals surface area contributed by atoms with E-state index in [0.717, 1.165) is 49.9 Å². The molecule has 0 aromatic heterocycles. The van der Waals surface area contributed by atoms with E-state index in [0.29, 0.717) is 6.54 Å². The molecule has 2 amide bonds. The highest BCUT2D eigenvalue weighted by atomic mass is 16.3. The van der Waals surface area contributed by atoms with Gasteiger partial charge in [0.2, 0.25) is 11.8 Å². The maximum atomic E-state index is 12.5. The summed E-state index contributed by atoms with van der Waals surface area (Å²) in [7, 11) is 0. The van der Waals surface area contributed by atoms with Crippen LogP contribution >= 0.6 is 0 Å². The van der Waals surface area contributed by atoms with Crippen LogP contribution in [-0.2, 0) is 9.59 Å². The van der Waals surface area contributed by atoms with Gasteiger partial charge in [-0.3, -0.25) is 9.59 Å². The predicted octanol–water partition coefficient (Wildman–Crippen LogP) is 2.17. The van der Waals surface area contributed by atoms with Crippen LogP contribution in [0.25, 0.3) is 0 Å². The van der Waals surface area contributed by atoms with E-state index in [9.17, 15) is 9.59 Å². The Labute approximate surface area is 154 Å². The Bertz CT molecular complexity index is 660. The largest absolute Gasteiger partial charge is 0.396 e. The number of likely N-dealkylation sites (tertiary alicyclic amines) is 1. The highest BCUT2D eigenvalue weighted by Crippen LogP contribution is 2.23. The Morgan fingerprint density at radius 2 is 1.88 bits per heavy atom. The second kappa shape index (κ2) is 8.94. The van der Waals surface area contributed by atoms with Crippen molar-refractivity contribution in [2.75, 3.05) is 19.7 Å². The summed E-state index contributed by atoms with van der Waals surface area (Å²) in [6.45, 7) is 1.51. The van der Waals surface area contributed by atoms with E-state index in [1.54, 1.807) is 0 Å². The first-order valence-electron chi connectivity index (χ1n) is 9.52. The van der Waals surface area contributed by atoms with Crippen LogP contribution in [0.2, 0.25) is 0 Å². The molecule has 6 heteroatoms. The van der Waals surface area contributed by atoms with Crippen molar-refractivity contribution in [3.63, 3.8) is 0 Å². The van der Waals surface area contributed by atoms with Gasteiger partial charge in [0.15, 0.2) is 0 Å². The van der Waals surface area contributed by atoms with Gasteiger partial charge in [-0.15, -0.1) is 0 Å². The summed E-state index contributed by atoms with van der Waals surface area (Å²) in [5.41, 5.74) is 1.97. The summed E-state index contributed by atoms with van der Waals surface area (Å²) in [6, 6.07) is 10.1. The van der Waals surface area contributed by atoms with Crippen molar-refractivity contribution in [3.05, 3.63) is 35.9 Å². The predicted molar refractivity (Wildman–Crippen MR) is 99.6 cm³/mol. The third kappa shape index (κ3) is 4.49. The Hall–Kier alpha value is -2.21. The maximum Gasteiger partial charge on any atom is 0.243 e. The van der Waals surface area contributed by atoms with E-state index in [-0.39, 0.29) is 37.3 Å². The molecule has 2 aliphatic rings. The lowest BCUT2D eigenvalue weighted by Gasteiger charge is -2.24. The molecule has 0 aliphatic carbocycles. The molecule has 0 radical (unpaired) electrons. The average Bonchev–Trinajstić information content (AvgIpc) is 3.34.